The largest absolute Gasteiger partial charge is 0.481 e. The first-order valence-electron chi connectivity index (χ1n) is 8.03. The van der Waals surface area contributed by atoms with Crippen molar-refractivity contribution in [3.05, 3.63) is 29.3 Å². The summed E-state index contributed by atoms with van der Waals surface area (Å²) in [6.07, 6.45) is 3.49. The number of ether oxygens (including phenoxy) is 2. The van der Waals surface area contributed by atoms with E-state index in [2.05, 4.69) is 20.4 Å². The number of aromatic nitrogens is 5. The van der Waals surface area contributed by atoms with Crippen LogP contribution in [0.3, 0.4) is 0 Å². The van der Waals surface area contributed by atoms with Crippen LogP contribution in [0.5, 0.6) is 5.88 Å². The van der Waals surface area contributed by atoms with Gasteiger partial charge in [-0.25, -0.2) is 4.98 Å². The van der Waals surface area contributed by atoms with E-state index in [4.69, 9.17) is 21.1 Å². The Balaban J connectivity index is 2.16. The molecular formula is C16H21ClN6O2. The molecule has 3 heterocycles. The van der Waals surface area contributed by atoms with Gasteiger partial charge in [0.15, 0.2) is 5.15 Å². The third-order valence-electron chi connectivity index (χ3n) is 3.65. The minimum absolute atomic E-state index is 0.0467. The van der Waals surface area contributed by atoms with Crippen molar-refractivity contribution in [3.8, 4) is 11.6 Å². The summed E-state index contributed by atoms with van der Waals surface area (Å²) < 4.78 is 14.4. The van der Waals surface area contributed by atoms with Crippen molar-refractivity contribution in [1.29, 1.82) is 0 Å². The number of rotatable bonds is 7. The van der Waals surface area contributed by atoms with Gasteiger partial charge in [-0.3, -0.25) is 4.40 Å². The number of methoxy groups -OCH3 is 1. The summed E-state index contributed by atoms with van der Waals surface area (Å²) in [6.45, 7) is 7.10. The Hall–Kier alpha value is -2.32. The Morgan fingerprint density at radius 1 is 1.40 bits per heavy atom. The smallest absolute Gasteiger partial charge is 0.236 e. The van der Waals surface area contributed by atoms with Crippen LogP contribution in [0.2, 0.25) is 5.15 Å². The second-order valence-electron chi connectivity index (χ2n) is 5.64. The highest BCUT2D eigenvalue weighted by molar-refractivity contribution is 6.31. The molecule has 0 aliphatic rings. The molecule has 1 N–H and O–H groups in total. The van der Waals surface area contributed by atoms with Gasteiger partial charge >= 0.3 is 0 Å². The quantitative estimate of drug-likeness (QED) is 0.649. The van der Waals surface area contributed by atoms with Crippen molar-refractivity contribution >= 4 is 23.2 Å². The SMILES string of the molecule is CCOCC(C)Nc1c(-n2nc(C)cc2OC)c(Cl)nc2nccn12. The average molecular weight is 365 g/mol. The third-order valence-corrected chi connectivity index (χ3v) is 3.92. The summed E-state index contributed by atoms with van der Waals surface area (Å²) in [5, 5.41) is 8.21. The zero-order chi connectivity index (χ0) is 18.0. The Morgan fingerprint density at radius 3 is 2.92 bits per heavy atom. The van der Waals surface area contributed by atoms with Crippen molar-refractivity contribution in [1.82, 2.24) is 24.1 Å². The number of anilines is 1. The Bertz CT molecular complexity index is 875. The Labute approximate surface area is 150 Å². The van der Waals surface area contributed by atoms with Crippen LogP contribution < -0.4 is 10.1 Å². The number of imidazole rings is 1. The van der Waals surface area contributed by atoms with Crippen LogP contribution in [0.1, 0.15) is 19.5 Å². The maximum absolute atomic E-state index is 6.47. The van der Waals surface area contributed by atoms with E-state index in [9.17, 15) is 0 Å². The number of nitrogens with zero attached hydrogens (tertiary/aromatic N) is 5. The van der Waals surface area contributed by atoms with Gasteiger partial charge in [-0.1, -0.05) is 11.6 Å². The molecule has 0 aromatic carbocycles. The molecular weight excluding hydrogens is 344 g/mol. The molecule has 0 radical (unpaired) electrons. The van der Waals surface area contributed by atoms with E-state index >= 15 is 0 Å². The number of halogens is 1. The minimum atomic E-state index is 0.0467. The lowest BCUT2D eigenvalue weighted by Gasteiger charge is -2.20. The summed E-state index contributed by atoms with van der Waals surface area (Å²) >= 11 is 6.47. The molecule has 3 aromatic rings. The first-order chi connectivity index (χ1) is 12.0. The first-order valence-corrected chi connectivity index (χ1v) is 8.40. The maximum Gasteiger partial charge on any atom is 0.236 e. The van der Waals surface area contributed by atoms with Crippen LogP contribution in [-0.4, -0.2) is 50.5 Å². The number of hydrogen-bond donors (Lipinski definition) is 1. The van der Waals surface area contributed by atoms with Crippen LogP contribution in [0, 0.1) is 6.92 Å². The van der Waals surface area contributed by atoms with Gasteiger partial charge in [0.1, 0.15) is 11.5 Å². The Morgan fingerprint density at radius 2 is 2.20 bits per heavy atom. The molecule has 1 atom stereocenters. The van der Waals surface area contributed by atoms with Gasteiger partial charge in [-0.2, -0.15) is 14.8 Å². The molecule has 0 bridgehead atoms. The number of nitrogens with one attached hydrogen (secondary N) is 1. The normalized spacial score (nSPS) is 12.5. The summed E-state index contributed by atoms with van der Waals surface area (Å²) in [5.74, 6) is 1.80. The van der Waals surface area contributed by atoms with Crippen LogP contribution >= 0.6 is 11.6 Å². The minimum Gasteiger partial charge on any atom is -0.481 e. The molecule has 0 saturated carbocycles. The second-order valence-corrected chi connectivity index (χ2v) is 6.00. The molecule has 1 unspecified atom stereocenters. The van der Waals surface area contributed by atoms with Gasteiger partial charge in [0.2, 0.25) is 11.7 Å². The van der Waals surface area contributed by atoms with Crippen molar-refractivity contribution in [2.75, 3.05) is 25.6 Å². The van der Waals surface area contributed by atoms with Gasteiger partial charge in [-0.05, 0) is 20.8 Å². The molecule has 3 aromatic heterocycles. The van der Waals surface area contributed by atoms with E-state index in [0.29, 0.717) is 30.6 Å². The fourth-order valence-electron chi connectivity index (χ4n) is 2.58. The van der Waals surface area contributed by atoms with E-state index in [-0.39, 0.29) is 11.2 Å². The molecule has 134 valence electrons. The summed E-state index contributed by atoms with van der Waals surface area (Å²) in [4.78, 5) is 8.58. The third kappa shape index (κ3) is 3.40. The highest BCUT2D eigenvalue weighted by Gasteiger charge is 2.21. The molecule has 0 amide bonds. The monoisotopic (exact) mass is 364 g/mol. The standard InChI is InChI=1S/C16H21ClN6O2/c1-5-25-9-11(3)19-15-13(23-12(24-4)8-10(2)21-23)14(17)20-16-18-6-7-22(15)16/h6-8,11,19H,5,9H2,1-4H3. The number of aryl methyl sites for hydroxylation is 1. The van der Waals surface area contributed by atoms with Crippen molar-refractivity contribution < 1.29 is 9.47 Å². The molecule has 25 heavy (non-hydrogen) atoms. The van der Waals surface area contributed by atoms with Gasteiger partial charge in [-0.15, -0.1) is 0 Å². The number of hydrogen-bond acceptors (Lipinski definition) is 6. The maximum atomic E-state index is 6.47. The molecule has 8 nitrogen and oxygen atoms in total. The summed E-state index contributed by atoms with van der Waals surface area (Å²) in [5.41, 5.74) is 1.41. The van der Waals surface area contributed by atoms with Crippen molar-refractivity contribution in [2.24, 2.45) is 0 Å². The Kier molecular flexibility index (Phi) is 5.10. The first kappa shape index (κ1) is 17.5. The van der Waals surface area contributed by atoms with Crippen molar-refractivity contribution in [2.45, 2.75) is 26.8 Å². The fraction of sp³-hybridized carbons (Fsp3) is 0.438. The van der Waals surface area contributed by atoms with E-state index in [1.165, 1.54) is 0 Å². The van der Waals surface area contributed by atoms with E-state index < -0.39 is 0 Å². The highest BCUT2D eigenvalue weighted by Crippen LogP contribution is 2.31. The van der Waals surface area contributed by atoms with Gasteiger partial charge in [0, 0.05) is 31.1 Å². The zero-order valence-corrected chi connectivity index (χ0v) is 15.4. The van der Waals surface area contributed by atoms with Gasteiger partial charge < -0.3 is 14.8 Å². The van der Waals surface area contributed by atoms with Crippen LogP contribution in [0.4, 0.5) is 5.82 Å². The summed E-state index contributed by atoms with van der Waals surface area (Å²) in [7, 11) is 1.59. The molecule has 9 heteroatoms. The van der Waals surface area contributed by atoms with Crippen molar-refractivity contribution in [3.63, 3.8) is 0 Å². The predicted molar refractivity (Wildman–Crippen MR) is 96.0 cm³/mol. The van der Waals surface area contributed by atoms with Gasteiger partial charge in [0.25, 0.3) is 0 Å². The second kappa shape index (κ2) is 7.28. The highest BCUT2D eigenvalue weighted by atomic mass is 35.5. The van der Waals surface area contributed by atoms with Crippen LogP contribution in [-0.2, 0) is 4.74 Å². The van der Waals surface area contributed by atoms with E-state index in [1.807, 2.05) is 37.4 Å². The average Bonchev–Trinajstić information content (AvgIpc) is 3.18. The lowest BCUT2D eigenvalue weighted by atomic mass is 10.3. The zero-order valence-electron chi connectivity index (χ0n) is 14.7. The number of fused-ring (bicyclic) bond motifs is 1. The topological polar surface area (TPSA) is 78.5 Å². The lowest BCUT2D eigenvalue weighted by Crippen LogP contribution is -2.24. The lowest BCUT2D eigenvalue weighted by molar-refractivity contribution is 0.141. The van der Waals surface area contributed by atoms with Crippen LogP contribution in [0.25, 0.3) is 11.5 Å². The van der Waals surface area contributed by atoms with Gasteiger partial charge in [0.05, 0.1) is 19.4 Å². The molecule has 0 fully saturated rings. The molecule has 0 saturated heterocycles. The molecule has 3 rings (SSSR count). The van der Waals surface area contributed by atoms with E-state index in [1.54, 1.807) is 18.0 Å². The van der Waals surface area contributed by atoms with Crippen LogP contribution in [0.15, 0.2) is 18.5 Å². The summed E-state index contributed by atoms with van der Waals surface area (Å²) in [6, 6.07) is 1.88. The molecule has 0 spiro atoms. The fourth-order valence-corrected chi connectivity index (χ4v) is 2.83. The van der Waals surface area contributed by atoms with E-state index in [0.717, 1.165) is 11.5 Å². The predicted octanol–water partition coefficient (Wildman–Crippen LogP) is 2.72. The molecule has 0 aliphatic carbocycles. The molecule has 0 aliphatic heterocycles.